The summed E-state index contributed by atoms with van der Waals surface area (Å²) in [5, 5.41) is 13.1. The van der Waals surface area contributed by atoms with E-state index < -0.39 is 32.2 Å². The first-order valence-electron chi connectivity index (χ1n) is 6.80. The Hall–Kier alpha value is -2.81. The van der Waals surface area contributed by atoms with Crippen LogP contribution in [0.3, 0.4) is 0 Å². The predicted molar refractivity (Wildman–Crippen MR) is 84.8 cm³/mol. The molecule has 126 valence electrons. The lowest BCUT2D eigenvalue weighted by molar-refractivity contribution is -0.384. The van der Waals surface area contributed by atoms with Gasteiger partial charge < -0.3 is 5.32 Å². The van der Waals surface area contributed by atoms with Gasteiger partial charge in [-0.1, -0.05) is 6.07 Å². The Bertz CT molecular complexity index is 866. The standard InChI is InChI=1S/C15H13FN2O5S/c16-11-4-6-14(7-5-11)24(22,23)9-8-15(19)17-12-2-1-3-13(10-12)18(20)21/h1-7,10H,8-9H2,(H,17,19). The van der Waals surface area contributed by atoms with E-state index in [-0.39, 0.29) is 22.7 Å². The van der Waals surface area contributed by atoms with Crippen LogP contribution in [0.2, 0.25) is 0 Å². The van der Waals surface area contributed by atoms with Crippen molar-refractivity contribution in [3.63, 3.8) is 0 Å². The Balaban J connectivity index is 1.99. The summed E-state index contributed by atoms with van der Waals surface area (Å²) in [6, 6.07) is 9.61. The van der Waals surface area contributed by atoms with E-state index in [4.69, 9.17) is 0 Å². The summed E-state index contributed by atoms with van der Waals surface area (Å²) in [5.41, 5.74) is 0.0140. The summed E-state index contributed by atoms with van der Waals surface area (Å²) in [4.78, 5) is 21.8. The average molecular weight is 352 g/mol. The molecule has 0 bridgehead atoms. The van der Waals surface area contributed by atoms with Gasteiger partial charge in [-0.05, 0) is 30.3 Å². The zero-order valence-corrected chi connectivity index (χ0v) is 13.1. The van der Waals surface area contributed by atoms with E-state index in [0.29, 0.717) is 0 Å². The number of rotatable bonds is 6. The fourth-order valence-corrected chi connectivity index (χ4v) is 3.15. The van der Waals surface area contributed by atoms with Gasteiger partial charge in [0.1, 0.15) is 5.82 Å². The Morgan fingerprint density at radius 1 is 1.17 bits per heavy atom. The van der Waals surface area contributed by atoms with Gasteiger partial charge in [-0.2, -0.15) is 0 Å². The lowest BCUT2D eigenvalue weighted by atomic mass is 10.3. The fourth-order valence-electron chi connectivity index (χ4n) is 1.91. The maximum atomic E-state index is 12.8. The number of nitrogens with one attached hydrogen (secondary N) is 1. The van der Waals surface area contributed by atoms with Crippen molar-refractivity contribution in [1.82, 2.24) is 0 Å². The third kappa shape index (κ3) is 4.59. The van der Waals surface area contributed by atoms with E-state index in [9.17, 15) is 27.7 Å². The molecule has 0 saturated carbocycles. The number of nitro benzene ring substituents is 1. The second-order valence-corrected chi connectivity index (χ2v) is 6.99. The molecule has 24 heavy (non-hydrogen) atoms. The molecule has 2 aromatic rings. The van der Waals surface area contributed by atoms with E-state index in [1.807, 2.05) is 0 Å². The van der Waals surface area contributed by atoms with Gasteiger partial charge in [0.15, 0.2) is 9.84 Å². The highest BCUT2D eigenvalue weighted by atomic mass is 32.2. The van der Waals surface area contributed by atoms with Crippen molar-refractivity contribution < 1.29 is 22.5 Å². The van der Waals surface area contributed by atoms with Gasteiger partial charge in [-0.3, -0.25) is 14.9 Å². The van der Waals surface area contributed by atoms with Crippen LogP contribution in [-0.4, -0.2) is 25.0 Å². The van der Waals surface area contributed by atoms with Gasteiger partial charge in [0, 0.05) is 24.2 Å². The molecule has 0 atom stereocenters. The van der Waals surface area contributed by atoms with Gasteiger partial charge >= 0.3 is 0 Å². The average Bonchev–Trinajstić information content (AvgIpc) is 2.54. The SMILES string of the molecule is O=C(CCS(=O)(=O)c1ccc(F)cc1)Nc1cccc([N+](=O)[O-])c1. The van der Waals surface area contributed by atoms with Crippen LogP contribution < -0.4 is 5.32 Å². The molecule has 1 amide bonds. The number of nitrogens with zero attached hydrogens (tertiary/aromatic N) is 1. The van der Waals surface area contributed by atoms with Crippen molar-refractivity contribution >= 4 is 27.1 Å². The smallest absolute Gasteiger partial charge is 0.271 e. The number of non-ortho nitro benzene ring substituents is 1. The molecule has 0 aliphatic rings. The maximum absolute atomic E-state index is 12.8. The highest BCUT2D eigenvalue weighted by molar-refractivity contribution is 7.91. The van der Waals surface area contributed by atoms with Crippen LogP contribution in [-0.2, 0) is 14.6 Å². The van der Waals surface area contributed by atoms with Crippen molar-refractivity contribution in [2.45, 2.75) is 11.3 Å². The number of benzene rings is 2. The number of halogens is 1. The van der Waals surface area contributed by atoms with Crippen molar-refractivity contribution in [3.8, 4) is 0 Å². The highest BCUT2D eigenvalue weighted by Gasteiger charge is 2.17. The van der Waals surface area contributed by atoms with E-state index >= 15 is 0 Å². The molecule has 0 spiro atoms. The summed E-state index contributed by atoms with van der Waals surface area (Å²) < 4.78 is 36.9. The topological polar surface area (TPSA) is 106 Å². The molecule has 0 radical (unpaired) electrons. The normalized spacial score (nSPS) is 11.0. The Morgan fingerprint density at radius 2 is 1.83 bits per heavy atom. The summed E-state index contributed by atoms with van der Waals surface area (Å²) in [6.45, 7) is 0. The monoisotopic (exact) mass is 352 g/mol. The van der Waals surface area contributed by atoms with Gasteiger partial charge in [-0.25, -0.2) is 12.8 Å². The van der Waals surface area contributed by atoms with Crippen LogP contribution in [0.25, 0.3) is 0 Å². The molecule has 0 unspecified atom stereocenters. The summed E-state index contributed by atoms with van der Waals surface area (Å²) in [5.74, 6) is -1.61. The lowest BCUT2D eigenvalue weighted by Gasteiger charge is -2.06. The first-order valence-corrected chi connectivity index (χ1v) is 8.46. The Morgan fingerprint density at radius 3 is 2.46 bits per heavy atom. The number of hydrogen-bond acceptors (Lipinski definition) is 5. The molecule has 0 fully saturated rings. The minimum absolute atomic E-state index is 0.0768. The zero-order valence-electron chi connectivity index (χ0n) is 12.3. The molecule has 0 aliphatic carbocycles. The fraction of sp³-hybridized carbons (Fsp3) is 0.133. The minimum Gasteiger partial charge on any atom is -0.326 e. The maximum Gasteiger partial charge on any atom is 0.271 e. The third-order valence-corrected chi connectivity index (χ3v) is 4.84. The molecule has 0 saturated heterocycles. The van der Waals surface area contributed by atoms with Crippen molar-refractivity contribution in [2.75, 3.05) is 11.1 Å². The molecule has 7 nitrogen and oxygen atoms in total. The van der Waals surface area contributed by atoms with Crippen LogP contribution >= 0.6 is 0 Å². The van der Waals surface area contributed by atoms with E-state index in [2.05, 4.69) is 5.32 Å². The van der Waals surface area contributed by atoms with Crippen LogP contribution in [0.5, 0.6) is 0 Å². The highest BCUT2D eigenvalue weighted by Crippen LogP contribution is 2.18. The van der Waals surface area contributed by atoms with Gasteiger partial charge in [0.25, 0.3) is 5.69 Å². The number of sulfone groups is 1. The van der Waals surface area contributed by atoms with E-state index in [1.54, 1.807) is 0 Å². The number of carbonyl (C=O) groups is 1. The van der Waals surface area contributed by atoms with E-state index in [0.717, 1.165) is 24.3 Å². The third-order valence-electron chi connectivity index (χ3n) is 3.11. The number of anilines is 1. The number of carbonyl (C=O) groups excluding carboxylic acids is 1. The molecule has 9 heteroatoms. The molecular formula is C15H13FN2O5S. The zero-order chi connectivity index (χ0) is 17.7. The molecule has 0 aliphatic heterocycles. The quantitative estimate of drug-likeness (QED) is 0.488. The summed E-state index contributed by atoms with van der Waals surface area (Å²) >= 11 is 0. The van der Waals surface area contributed by atoms with Gasteiger partial charge in [0.05, 0.1) is 15.6 Å². The molecular weight excluding hydrogens is 339 g/mol. The number of nitro groups is 1. The second kappa shape index (κ2) is 7.18. The van der Waals surface area contributed by atoms with Crippen molar-refractivity contribution in [1.29, 1.82) is 0 Å². The Kier molecular flexibility index (Phi) is 5.24. The van der Waals surface area contributed by atoms with Crippen molar-refractivity contribution in [2.24, 2.45) is 0 Å². The van der Waals surface area contributed by atoms with E-state index in [1.165, 1.54) is 24.3 Å². The van der Waals surface area contributed by atoms with Gasteiger partial charge in [0.2, 0.25) is 5.91 Å². The largest absolute Gasteiger partial charge is 0.326 e. The minimum atomic E-state index is -3.72. The first-order chi connectivity index (χ1) is 11.3. The molecule has 2 aromatic carbocycles. The molecule has 1 N–H and O–H groups in total. The Labute approximate surface area is 137 Å². The second-order valence-electron chi connectivity index (χ2n) is 4.88. The van der Waals surface area contributed by atoms with Gasteiger partial charge in [-0.15, -0.1) is 0 Å². The van der Waals surface area contributed by atoms with Crippen LogP contribution in [0.4, 0.5) is 15.8 Å². The number of hydrogen-bond donors (Lipinski definition) is 1. The van der Waals surface area contributed by atoms with Crippen LogP contribution in [0, 0.1) is 15.9 Å². The van der Waals surface area contributed by atoms with Crippen LogP contribution in [0.1, 0.15) is 6.42 Å². The lowest BCUT2D eigenvalue weighted by Crippen LogP contribution is -2.17. The molecule has 2 rings (SSSR count). The first kappa shape index (κ1) is 17.5. The number of amides is 1. The predicted octanol–water partition coefficient (Wildman–Crippen LogP) is 2.54. The molecule has 0 aromatic heterocycles. The molecule has 0 heterocycles. The van der Waals surface area contributed by atoms with Crippen LogP contribution in [0.15, 0.2) is 53.4 Å². The summed E-state index contributed by atoms with van der Waals surface area (Å²) in [6.07, 6.45) is -0.331. The summed E-state index contributed by atoms with van der Waals surface area (Å²) in [7, 11) is -3.72. The van der Waals surface area contributed by atoms with Crippen molar-refractivity contribution in [3.05, 3.63) is 64.5 Å².